The third kappa shape index (κ3) is 1.90. The summed E-state index contributed by atoms with van der Waals surface area (Å²) in [5.74, 6) is -1.02. The van der Waals surface area contributed by atoms with Crippen LogP contribution in [0.3, 0.4) is 0 Å². The Hall–Kier alpha value is -1.12. The van der Waals surface area contributed by atoms with Crippen LogP contribution in [0.5, 0.6) is 0 Å². The second kappa shape index (κ2) is 3.32. The van der Waals surface area contributed by atoms with Gasteiger partial charge in [0.25, 0.3) is 0 Å². The van der Waals surface area contributed by atoms with Crippen molar-refractivity contribution in [2.24, 2.45) is 5.92 Å². The number of ether oxygens (including phenoxy) is 1. The molecule has 0 saturated carbocycles. The molecule has 0 aliphatic carbocycles. The topological polar surface area (TPSA) is 43.4 Å². The third-order valence-corrected chi connectivity index (χ3v) is 1.62. The largest absolute Gasteiger partial charge is 0.393 e. The standard InChI is InChI=1S/C8H10O3/c1-2-3-4-6-5-7(9)11-8(6)10/h2-3,6H,4-5H2,1H3/b3-2-. The summed E-state index contributed by atoms with van der Waals surface area (Å²) in [6.45, 7) is 1.88. The van der Waals surface area contributed by atoms with Gasteiger partial charge in [-0.25, -0.2) is 0 Å². The molecule has 1 heterocycles. The Bertz CT molecular complexity index is 205. The van der Waals surface area contributed by atoms with Gasteiger partial charge < -0.3 is 4.74 Å². The van der Waals surface area contributed by atoms with E-state index in [4.69, 9.17) is 0 Å². The van der Waals surface area contributed by atoms with Crippen molar-refractivity contribution in [1.29, 1.82) is 0 Å². The lowest BCUT2D eigenvalue weighted by atomic mass is 10.0. The molecule has 1 unspecified atom stereocenters. The first-order valence-electron chi connectivity index (χ1n) is 3.59. The van der Waals surface area contributed by atoms with Crippen molar-refractivity contribution in [3.8, 4) is 0 Å². The molecule has 0 radical (unpaired) electrons. The van der Waals surface area contributed by atoms with E-state index in [2.05, 4.69) is 4.74 Å². The van der Waals surface area contributed by atoms with Crippen molar-refractivity contribution in [2.75, 3.05) is 0 Å². The van der Waals surface area contributed by atoms with Crippen LogP contribution >= 0.6 is 0 Å². The van der Waals surface area contributed by atoms with E-state index in [1.54, 1.807) is 0 Å². The smallest absolute Gasteiger partial charge is 0.317 e. The molecular weight excluding hydrogens is 144 g/mol. The summed E-state index contributed by atoms with van der Waals surface area (Å²) < 4.78 is 4.36. The van der Waals surface area contributed by atoms with E-state index in [0.29, 0.717) is 6.42 Å². The lowest BCUT2D eigenvalue weighted by Gasteiger charge is -1.96. The predicted octanol–water partition coefficient (Wildman–Crippen LogP) is 1.04. The molecule has 1 fully saturated rings. The van der Waals surface area contributed by atoms with Crippen LogP contribution in [0.1, 0.15) is 19.8 Å². The Morgan fingerprint density at radius 1 is 1.64 bits per heavy atom. The van der Waals surface area contributed by atoms with Gasteiger partial charge in [0.1, 0.15) is 0 Å². The summed E-state index contributed by atoms with van der Waals surface area (Å²) in [6.07, 6.45) is 4.57. The third-order valence-electron chi connectivity index (χ3n) is 1.62. The minimum absolute atomic E-state index is 0.237. The zero-order valence-corrected chi connectivity index (χ0v) is 6.37. The average Bonchev–Trinajstić information content (AvgIpc) is 2.26. The lowest BCUT2D eigenvalue weighted by Crippen LogP contribution is -2.05. The molecule has 0 amide bonds. The van der Waals surface area contributed by atoms with E-state index in [9.17, 15) is 9.59 Å². The maximum atomic E-state index is 10.8. The highest BCUT2D eigenvalue weighted by Crippen LogP contribution is 2.19. The molecule has 0 aromatic heterocycles. The van der Waals surface area contributed by atoms with Gasteiger partial charge in [0.2, 0.25) is 0 Å². The maximum Gasteiger partial charge on any atom is 0.317 e. The number of allylic oxidation sites excluding steroid dienone is 2. The van der Waals surface area contributed by atoms with Crippen LogP contribution in [-0.2, 0) is 14.3 Å². The Balaban J connectivity index is 2.47. The SMILES string of the molecule is C/C=C\CC1CC(=O)OC1=O. The second-order valence-corrected chi connectivity index (χ2v) is 2.50. The van der Waals surface area contributed by atoms with Crippen molar-refractivity contribution in [3.63, 3.8) is 0 Å². The number of carbonyl (C=O) groups excluding carboxylic acids is 2. The first-order chi connectivity index (χ1) is 5.24. The fourth-order valence-electron chi connectivity index (χ4n) is 1.00. The molecule has 1 atom stereocenters. The van der Waals surface area contributed by atoms with Crippen LogP contribution < -0.4 is 0 Å². The van der Waals surface area contributed by atoms with Crippen molar-refractivity contribution in [1.82, 2.24) is 0 Å². The van der Waals surface area contributed by atoms with Crippen LogP contribution in [0.2, 0.25) is 0 Å². The molecule has 1 aliphatic rings. The molecule has 11 heavy (non-hydrogen) atoms. The molecule has 60 valence electrons. The number of cyclic esters (lactones) is 2. The van der Waals surface area contributed by atoms with Crippen molar-refractivity contribution < 1.29 is 14.3 Å². The van der Waals surface area contributed by atoms with Gasteiger partial charge in [-0.3, -0.25) is 9.59 Å². The molecule has 0 spiro atoms. The van der Waals surface area contributed by atoms with Crippen molar-refractivity contribution in [2.45, 2.75) is 19.8 Å². The highest BCUT2D eigenvalue weighted by molar-refractivity contribution is 5.94. The summed E-state index contributed by atoms with van der Waals surface area (Å²) in [7, 11) is 0. The van der Waals surface area contributed by atoms with Crippen molar-refractivity contribution in [3.05, 3.63) is 12.2 Å². The summed E-state index contributed by atoms with van der Waals surface area (Å²) in [6, 6.07) is 0. The molecule has 0 N–H and O–H groups in total. The van der Waals surface area contributed by atoms with Crippen LogP contribution in [0.4, 0.5) is 0 Å². The normalized spacial score (nSPS) is 24.6. The molecular formula is C8H10O3. The summed E-state index contributed by atoms with van der Waals surface area (Å²) in [5, 5.41) is 0. The van der Waals surface area contributed by atoms with Gasteiger partial charge in [-0.05, 0) is 13.3 Å². The minimum Gasteiger partial charge on any atom is -0.393 e. The molecule has 1 saturated heterocycles. The van der Waals surface area contributed by atoms with Crippen LogP contribution in [0.15, 0.2) is 12.2 Å². The van der Waals surface area contributed by atoms with E-state index in [-0.39, 0.29) is 18.3 Å². The van der Waals surface area contributed by atoms with E-state index in [1.807, 2.05) is 19.1 Å². The van der Waals surface area contributed by atoms with Gasteiger partial charge >= 0.3 is 11.9 Å². The maximum absolute atomic E-state index is 10.8. The number of carbonyl (C=O) groups is 2. The minimum atomic E-state index is -0.399. The number of hydrogen-bond donors (Lipinski definition) is 0. The van der Waals surface area contributed by atoms with Crippen LogP contribution in [-0.4, -0.2) is 11.9 Å². The van der Waals surface area contributed by atoms with Crippen LogP contribution in [0, 0.1) is 5.92 Å². The van der Waals surface area contributed by atoms with Gasteiger partial charge in [0, 0.05) is 0 Å². The second-order valence-electron chi connectivity index (χ2n) is 2.50. The van der Waals surface area contributed by atoms with Gasteiger partial charge in [0.15, 0.2) is 0 Å². The first kappa shape index (κ1) is 7.98. The van der Waals surface area contributed by atoms with Crippen molar-refractivity contribution >= 4 is 11.9 Å². The highest BCUT2D eigenvalue weighted by Gasteiger charge is 2.31. The fourth-order valence-corrected chi connectivity index (χ4v) is 1.00. The lowest BCUT2D eigenvalue weighted by molar-refractivity contribution is -0.153. The Kier molecular flexibility index (Phi) is 2.41. The zero-order chi connectivity index (χ0) is 8.27. The van der Waals surface area contributed by atoms with Crippen LogP contribution in [0.25, 0.3) is 0 Å². The molecule has 0 bridgehead atoms. The predicted molar refractivity (Wildman–Crippen MR) is 38.6 cm³/mol. The Labute approximate surface area is 65.0 Å². The molecule has 3 heteroatoms. The fraction of sp³-hybridized carbons (Fsp3) is 0.500. The van der Waals surface area contributed by atoms with Gasteiger partial charge in [-0.1, -0.05) is 12.2 Å². The van der Waals surface area contributed by atoms with E-state index in [0.717, 1.165) is 0 Å². The number of rotatable bonds is 2. The molecule has 3 nitrogen and oxygen atoms in total. The molecule has 0 aromatic rings. The van der Waals surface area contributed by atoms with E-state index in [1.165, 1.54) is 0 Å². The van der Waals surface area contributed by atoms with Gasteiger partial charge in [-0.2, -0.15) is 0 Å². The summed E-state index contributed by atoms with van der Waals surface area (Å²) in [5.41, 5.74) is 0. The first-order valence-corrected chi connectivity index (χ1v) is 3.59. The number of hydrogen-bond acceptors (Lipinski definition) is 3. The monoisotopic (exact) mass is 154 g/mol. The molecule has 0 aromatic carbocycles. The van der Waals surface area contributed by atoms with E-state index < -0.39 is 5.97 Å². The van der Waals surface area contributed by atoms with Gasteiger partial charge in [0.05, 0.1) is 12.3 Å². The zero-order valence-electron chi connectivity index (χ0n) is 6.37. The quantitative estimate of drug-likeness (QED) is 0.339. The number of esters is 2. The highest BCUT2D eigenvalue weighted by atomic mass is 16.6. The summed E-state index contributed by atoms with van der Waals surface area (Å²) >= 11 is 0. The molecule has 1 aliphatic heterocycles. The summed E-state index contributed by atoms with van der Waals surface area (Å²) in [4.78, 5) is 21.4. The Morgan fingerprint density at radius 2 is 2.36 bits per heavy atom. The molecule has 1 rings (SSSR count). The average molecular weight is 154 g/mol. The van der Waals surface area contributed by atoms with E-state index >= 15 is 0 Å². The Morgan fingerprint density at radius 3 is 2.82 bits per heavy atom. The van der Waals surface area contributed by atoms with Gasteiger partial charge in [-0.15, -0.1) is 0 Å².